The van der Waals surface area contributed by atoms with E-state index in [1.54, 1.807) is 18.4 Å². The van der Waals surface area contributed by atoms with Gasteiger partial charge in [-0.15, -0.1) is 11.3 Å². The molecule has 0 saturated carbocycles. The standard InChI is InChI=1S/C22H27N3O2S/c1-26-19-8-6-17(7-9-19)16-18-10-13-25(14-11-18)12-2-5-21-23-22(24-27-21)20-4-3-15-28-20/h3-4,6-9,15,18H,2,5,10-14,16H2,1H3. The van der Waals surface area contributed by atoms with Crippen LogP contribution < -0.4 is 4.74 Å². The Labute approximate surface area is 170 Å². The summed E-state index contributed by atoms with van der Waals surface area (Å²) in [4.78, 5) is 8.15. The van der Waals surface area contributed by atoms with Gasteiger partial charge in [0.25, 0.3) is 0 Å². The molecule has 28 heavy (non-hydrogen) atoms. The summed E-state index contributed by atoms with van der Waals surface area (Å²) < 4.78 is 10.6. The largest absolute Gasteiger partial charge is 0.497 e. The van der Waals surface area contributed by atoms with Gasteiger partial charge in [-0.3, -0.25) is 0 Å². The second-order valence-corrected chi connectivity index (χ2v) is 8.38. The summed E-state index contributed by atoms with van der Waals surface area (Å²) in [5.74, 6) is 3.18. The average Bonchev–Trinajstić information content (AvgIpc) is 3.42. The molecule has 1 aromatic carbocycles. The zero-order valence-electron chi connectivity index (χ0n) is 16.3. The second kappa shape index (κ2) is 9.34. The van der Waals surface area contributed by atoms with E-state index in [0.29, 0.717) is 5.82 Å². The molecule has 3 heterocycles. The van der Waals surface area contributed by atoms with Gasteiger partial charge in [-0.05, 0) is 80.4 Å². The number of ether oxygens (including phenoxy) is 1. The summed E-state index contributed by atoms with van der Waals surface area (Å²) >= 11 is 1.64. The maximum Gasteiger partial charge on any atom is 0.227 e. The van der Waals surface area contributed by atoms with E-state index in [2.05, 4.69) is 39.3 Å². The number of hydrogen-bond donors (Lipinski definition) is 0. The SMILES string of the molecule is COc1ccc(CC2CCN(CCCc3nc(-c4cccs4)no3)CC2)cc1. The van der Waals surface area contributed by atoms with E-state index in [4.69, 9.17) is 9.26 Å². The van der Waals surface area contributed by atoms with Crippen LogP contribution in [0.15, 0.2) is 46.3 Å². The molecule has 6 heteroatoms. The van der Waals surface area contributed by atoms with E-state index >= 15 is 0 Å². The molecular weight excluding hydrogens is 370 g/mol. The van der Waals surface area contributed by atoms with Gasteiger partial charge < -0.3 is 14.2 Å². The summed E-state index contributed by atoms with van der Waals surface area (Å²) in [5, 5.41) is 6.12. The van der Waals surface area contributed by atoms with Crippen LogP contribution in [0, 0.1) is 5.92 Å². The van der Waals surface area contributed by atoms with Crippen LogP contribution in [0.2, 0.25) is 0 Å². The third-order valence-corrected chi connectivity index (χ3v) is 6.33. The molecule has 0 atom stereocenters. The van der Waals surface area contributed by atoms with Crippen LogP contribution in [-0.4, -0.2) is 41.8 Å². The van der Waals surface area contributed by atoms with Gasteiger partial charge in [0.2, 0.25) is 11.7 Å². The fourth-order valence-corrected chi connectivity index (χ4v) is 4.47. The lowest BCUT2D eigenvalue weighted by Crippen LogP contribution is -2.35. The lowest BCUT2D eigenvalue weighted by molar-refractivity contribution is 0.181. The van der Waals surface area contributed by atoms with Crippen LogP contribution in [0.4, 0.5) is 0 Å². The number of methoxy groups -OCH3 is 1. The predicted octanol–water partition coefficient (Wildman–Crippen LogP) is 4.69. The van der Waals surface area contributed by atoms with Gasteiger partial charge in [0, 0.05) is 6.42 Å². The van der Waals surface area contributed by atoms with E-state index in [0.717, 1.165) is 41.8 Å². The van der Waals surface area contributed by atoms with Crippen LogP contribution >= 0.6 is 11.3 Å². The molecule has 0 aliphatic carbocycles. The first kappa shape index (κ1) is 19.2. The van der Waals surface area contributed by atoms with Crippen LogP contribution in [0.3, 0.4) is 0 Å². The molecule has 3 aromatic rings. The van der Waals surface area contributed by atoms with E-state index in [-0.39, 0.29) is 0 Å². The highest BCUT2D eigenvalue weighted by atomic mass is 32.1. The van der Waals surface area contributed by atoms with E-state index < -0.39 is 0 Å². The fraction of sp³-hybridized carbons (Fsp3) is 0.455. The Bertz CT molecular complexity index is 837. The normalized spacial score (nSPS) is 15.8. The van der Waals surface area contributed by atoms with Gasteiger partial charge in [0.1, 0.15) is 5.75 Å². The zero-order chi connectivity index (χ0) is 19.2. The number of rotatable bonds is 8. The number of benzene rings is 1. The van der Waals surface area contributed by atoms with E-state index in [9.17, 15) is 0 Å². The van der Waals surface area contributed by atoms with Gasteiger partial charge in [-0.2, -0.15) is 4.98 Å². The quantitative estimate of drug-likeness (QED) is 0.552. The molecule has 1 aliphatic heterocycles. The first-order chi connectivity index (χ1) is 13.8. The molecule has 1 fully saturated rings. The first-order valence-electron chi connectivity index (χ1n) is 10.0. The monoisotopic (exact) mass is 397 g/mol. The lowest BCUT2D eigenvalue weighted by Gasteiger charge is -2.32. The number of nitrogens with zero attached hydrogens (tertiary/aromatic N) is 3. The number of piperidine rings is 1. The number of aromatic nitrogens is 2. The molecule has 1 saturated heterocycles. The van der Waals surface area contributed by atoms with Gasteiger partial charge in [-0.1, -0.05) is 23.4 Å². The zero-order valence-corrected chi connectivity index (χ0v) is 17.2. The van der Waals surface area contributed by atoms with Gasteiger partial charge in [0.05, 0.1) is 12.0 Å². The molecule has 0 radical (unpaired) electrons. The fourth-order valence-electron chi connectivity index (χ4n) is 3.83. The van der Waals surface area contributed by atoms with Gasteiger partial charge >= 0.3 is 0 Å². The van der Waals surface area contributed by atoms with Crippen LogP contribution in [0.5, 0.6) is 5.75 Å². The summed E-state index contributed by atoms with van der Waals surface area (Å²) in [5.41, 5.74) is 1.41. The highest BCUT2D eigenvalue weighted by Crippen LogP contribution is 2.24. The van der Waals surface area contributed by atoms with Crippen molar-refractivity contribution in [1.29, 1.82) is 0 Å². The Morgan fingerprint density at radius 3 is 2.71 bits per heavy atom. The van der Waals surface area contributed by atoms with Crippen molar-refractivity contribution in [3.63, 3.8) is 0 Å². The van der Waals surface area contributed by atoms with Gasteiger partial charge in [-0.25, -0.2) is 0 Å². The molecule has 2 aromatic heterocycles. The maximum absolute atomic E-state index is 5.40. The Morgan fingerprint density at radius 2 is 2.00 bits per heavy atom. The van der Waals surface area contributed by atoms with Crippen LogP contribution in [-0.2, 0) is 12.8 Å². The van der Waals surface area contributed by atoms with Crippen molar-refractivity contribution in [2.75, 3.05) is 26.7 Å². The van der Waals surface area contributed by atoms with Crippen LogP contribution in [0.1, 0.15) is 30.7 Å². The van der Waals surface area contributed by atoms with Crippen LogP contribution in [0.25, 0.3) is 10.7 Å². The molecule has 0 bridgehead atoms. The Morgan fingerprint density at radius 1 is 1.18 bits per heavy atom. The minimum Gasteiger partial charge on any atom is -0.497 e. The van der Waals surface area contributed by atoms with E-state index in [1.165, 1.54) is 37.9 Å². The summed E-state index contributed by atoms with van der Waals surface area (Å²) in [6.07, 6.45) is 5.63. The van der Waals surface area contributed by atoms with Crippen molar-refractivity contribution in [3.8, 4) is 16.5 Å². The van der Waals surface area contributed by atoms with Gasteiger partial charge in [0.15, 0.2) is 0 Å². The third kappa shape index (κ3) is 5.00. The molecule has 148 valence electrons. The molecule has 0 unspecified atom stereocenters. The predicted molar refractivity (Wildman–Crippen MR) is 112 cm³/mol. The Balaban J connectivity index is 1.16. The number of thiophene rings is 1. The summed E-state index contributed by atoms with van der Waals surface area (Å²) in [6, 6.07) is 12.5. The minimum absolute atomic E-state index is 0.712. The van der Waals surface area contributed by atoms with Crippen molar-refractivity contribution in [1.82, 2.24) is 15.0 Å². The Kier molecular flexibility index (Phi) is 6.39. The van der Waals surface area contributed by atoms with Crippen molar-refractivity contribution in [2.45, 2.75) is 32.1 Å². The molecule has 0 N–H and O–H groups in total. The second-order valence-electron chi connectivity index (χ2n) is 7.43. The highest BCUT2D eigenvalue weighted by molar-refractivity contribution is 7.13. The third-order valence-electron chi connectivity index (χ3n) is 5.47. The molecule has 5 nitrogen and oxygen atoms in total. The molecule has 1 aliphatic rings. The summed E-state index contributed by atoms with van der Waals surface area (Å²) in [7, 11) is 1.71. The maximum atomic E-state index is 5.40. The molecule has 4 rings (SSSR count). The van der Waals surface area contributed by atoms with Crippen molar-refractivity contribution >= 4 is 11.3 Å². The van der Waals surface area contributed by atoms with Crippen molar-refractivity contribution < 1.29 is 9.26 Å². The Hall–Kier alpha value is -2.18. The number of likely N-dealkylation sites (tertiary alicyclic amines) is 1. The van der Waals surface area contributed by atoms with Crippen molar-refractivity contribution in [2.24, 2.45) is 5.92 Å². The first-order valence-corrected chi connectivity index (χ1v) is 10.9. The molecular formula is C22H27N3O2S. The number of hydrogen-bond acceptors (Lipinski definition) is 6. The van der Waals surface area contributed by atoms with E-state index in [1.807, 2.05) is 17.5 Å². The lowest BCUT2D eigenvalue weighted by atomic mass is 9.90. The molecule has 0 spiro atoms. The summed E-state index contributed by atoms with van der Waals surface area (Å²) in [6.45, 7) is 3.47. The average molecular weight is 398 g/mol. The topological polar surface area (TPSA) is 51.4 Å². The highest BCUT2D eigenvalue weighted by Gasteiger charge is 2.19. The number of aryl methyl sites for hydroxylation is 1. The molecule has 0 amide bonds. The minimum atomic E-state index is 0.712. The van der Waals surface area contributed by atoms with Crippen molar-refractivity contribution in [3.05, 3.63) is 53.2 Å². The smallest absolute Gasteiger partial charge is 0.227 e.